The van der Waals surface area contributed by atoms with Crippen LogP contribution in [-0.2, 0) is 7.05 Å². The largest absolute Gasteiger partial charge is 0.477 e. The van der Waals surface area contributed by atoms with E-state index in [-0.39, 0.29) is 5.69 Å². The van der Waals surface area contributed by atoms with Gasteiger partial charge in [-0.25, -0.2) is 4.79 Å². The van der Waals surface area contributed by atoms with E-state index in [4.69, 9.17) is 16.3 Å². The molecule has 0 bridgehead atoms. The molecule has 0 atom stereocenters. The number of aryl methyl sites for hydroxylation is 1. The minimum Gasteiger partial charge on any atom is -0.477 e. The van der Waals surface area contributed by atoms with Crippen LogP contribution >= 0.6 is 23.4 Å². The highest BCUT2D eigenvalue weighted by Crippen LogP contribution is 2.38. The first-order valence-electron chi connectivity index (χ1n) is 8.54. The topological polar surface area (TPSA) is 51.5 Å². The Morgan fingerprint density at radius 2 is 1.68 bits per heavy atom. The van der Waals surface area contributed by atoms with Crippen LogP contribution in [0.4, 0.5) is 0 Å². The number of carboxylic acid groups (broad SMARTS) is 1. The van der Waals surface area contributed by atoms with Crippen molar-refractivity contribution in [3.05, 3.63) is 83.5 Å². The number of rotatable bonds is 5. The molecule has 28 heavy (non-hydrogen) atoms. The second-order valence-electron chi connectivity index (χ2n) is 6.22. The summed E-state index contributed by atoms with van der Waals surface area (Å²) in [4.78, 5) is 13.4. The second-order valence-corrected chi connectivity index (χ2v) is 7.77. The van der Waals surface area contributed by atoms with E-state index in [0.717, 1.165) is 32.2 Å². The van der Waals surface area contributed by atoms with Crippen molar-refractivity contribution >= 4 is 40.2 Å². The van der Waals surface area contributed by atoms with Gasteiger partial charge in [0.25, 0.3) is 0 Å². The van der Waals surface area contributed by atoms with Crippen LogP contribution in [0, 0.1) is 0 Å². The predicted octanol–water partition coefficient (Wildman–Crippen LogP) is 6.47. The van der Waals surface area contributed by atoms with Crippen molar-refractivity contribution in [1.29, 1.82) is 0 Å². The van der Waals surface area contributed by atoms with Crippen LogP contribution < -0.4 is 4.74 Å². The standard InChI is InChI=1S/C22H16ClNO3S/c1-24-19-11-14(23)12-21(18(19)13-20(24)22(25)26)28-17-9-7-16(8-10-17)27-15-5-3-2-4-6-15/h2-13H,1H3,(H,25,26). The molecule has 0 aliphatic rings. The molecule has 0 amide bonds. The zero-order chi connectivity index (χ0) is 19.7. The summed E-state index contributed by atoms with van der Waals surface area (Å²) in [5.41, 5.74) is 1.02. The smallest absolute Gasteiger partial charge is 0.352 e. The minimum absolute atomic E-state index is 0.228. The molecule has 0 unspecified atom stereocenters. The summed E-state index contributed by atoms with van der Waals surface area (Å²) >= 11 is 7.81. The molecule has 6 heteroatoms. The lowest BCUT2D eigenvalue weighted by Gasteiger charge is -2.08. The molecule has 4 nitrogen and oxygen atoms in total. The second kappa shape index (κ2) is 7.62. The molecule has 0 fully saturated rings. The lowest BCUT2D eigenvalue weighted by molar-refractivity contribution is 0.0687. The highest BCUT2D eigenvalue weighted by atomic mass is 35.5. The van der Waals surface area contributed by atoms with Gasteiger partial charge in [0, 0.05) is 27.2 Å². The Kier molecular flexibility index (Phi) is 5.03. The first kappa shape index (κ1) is 18.5. The van der Waals surface area contributed by atoms with Gasteiger partial charge in [0.15, 0.2) is 0 Å². The maximum atomic E-state index is 11.5. The summed E-state index contributed by atoms with van der Waals surface area (Å²) in [7, 11) is 1.73. The SMILES string of the molecule is Cn1c(C(=O)O)cc2c(Sc3ccc(Oc4ccccc4)cc3)cc(Cl)cc21. The number of nitrogens with zero attached hydrogens (tertiary/aromatic N) is 1. The maximum Gasteiger partial charge on any atom is 0.352 e. The van der Waals surface area contributed by atoms with Crippen molar-refractivity contribution in [3.63, 3.8) is 0 Å². The average molecular weight is 410 g/mol. The number of benzene rings is 3. The number of hydrogen-bond donors (Lipinski definition) is 1. The first-order chi connectivity index (χ1) is 13.5. The van der Waals surface area contributed by atoms with Gasteiger partial charge in [-0.3, -0.25) is 0 Å². The Hall–Kier alpha value is -2.89. The van der Waals surface area contributed by atoms with Gasteiger partial charge < -0.3 is 14.4 Å². The van der Waals surface area contributed by atoms with Gasteiger partial charge in [-0.2, -0.15) is 0 Å². The molecule has 1 aromatic heterocycles. The molecule has 140 valence electrons. The fourth-order valence-corrected chi connectivity index (χ4v) is 4.24. The number of fused-ring (bicyclic) bond motifs is 1. The Morgan fingerprint density at radius 3 is 2.36 bits per heavy atom. The highest BCUT2D eigenvalue weighted by Gasteiger charge is 2.16. The fourth-order valence-electron chi connectivity index (χ4n) is 2.98. The van der Waals surface area contributed by atoms with Gasteiger partial charge in [-0.05, 0) is 54.6 Å². The van der Waals surface area contributed by atoms with Gasteiger partial charge in [0.2, 0.25) is 0 Å². The van der Waals surface area contributed by atoms with E-state index in [0.29, 0.717) is 5.02 Å². The quantitative estimate of drug-likeness (QED) is 0.410. The molecule has 0 radical (unpaired) electrons. The average Bonchev–Trinajstić information content (AvgIpc) is 3.01. The number of halogens is 1. The van der Waals surface area contributed by atoms with Gasteiger partial charge in [0.1, 0.15) is 17.2 Å². The van der Waals surface area contributed by atoms with Gasteiger partial charge >= 0.3 is 5.97 Å². The van der Waals surface area contributed by atoms with Crippen molar-refractivity contribution in [2.24, 2.45) is 7.05 Å². The molecule has 1 N–H and O–H groups in total. The predicted molar refractivity (Wildman–Crippen MR) is 112 cm³/mol. The summed E-state index contributed by atoms with van der Waals surface area (Å²) in [5, 5.41) is 10.8. The van der Waals surface area contributed by atoms with Crippen LogP contribution in [0.5, 0.6) is 11.5 Å². The van der Waals surface area contributed by atoms with Crippen LogP contribution in [0.15, 0.2) is 82.6 Å². The van der Waals surface area contributed by atoms with Crippen LogP contribution in [0.1, 0.15) is 10.5 Å². The van der Waals surface area contributed by atoms with Crippen molar-refractivity contribution in [1.82, 2.24) is 4.57 Å². The van der Waals surface area contributed by atoms with Crippen LogP contribution in [0.2, 0.25) is 5.02 Å². The van der Waals surface area contributed by atoms with Gasteiger partial charge in [0.05, 0.1) is 5.52 Å². The number of carboxylic acids is 1. The molecule has 0 aliphatic carbocycles. The van der Waals surface area contributed by atoms with Gasteiger partial charge in [-0.1, -0.05) is 41.6 Å². The molecule has 0 saturated heterocycles. The molecule has 0 spiro atoms. The molecule has 4 aromatic rings. The fraction of sp³-hybridized carbons (Fsp3) is 0.0455. The number of ether oxygens (including phenoxy) is 1. The number of para-hydroxylation sites is 1. The summed E-state index contributed by atoms with van der Waals surface area (Å²) < 4.78 is 7.46. The monoisotopic (exact) mass is 409 g/mol. The zero-order valence-corrected chi connectivity index (χ0v) is 16.5. The minimum atomic E-state index is -0.965. The van der Waals surface area contributed by atoms with Crippen molar-refractivity contribution in [3.8, 4) is 11.5 Å². The van der Waals surface area contributed by atoms with E-state index in [1.807, 2.05) is 60.7 Å². The van der Waals surface area contributed by atoms with Crippen molar-refractivity contribution in [2.45, 2.75) is 9.79 Å². The van der Waals surface area contributed by atoms with E-state index >= 15 is 0 Å². The third-order valence-electron chi connectivity index (χ3n) is 4.34. The van der Waals surface area contributed by atoms with E-state index in [1.165, 1.54) is 11.8 Å². The van der Waals surface area contributed by atoms with Crippen LogP contribution in [0.3, 0.4) is 0 Å². The van der Waals surface area contributed by atoms with Crippen LogP contribution in [-0.4, -0.2) is 15.6 Å². The molecular weight excluding hydrogens is 394 g/mol. The zero-order valence-electron chi connectivity index (χ0n) is 14.9. The lowest BCUT2D eigenvalue weighted by atomic mass is 10.2. The molecule has 0 saturated carbocycles. The third-order valence-corrected chi connectivity index (χ3v) is 5.62. The number of carbonyl (C=O) groups is 1. The maximum absolute atomic E-state index is 11.5. The number of hydrogen-bond acceptors (Lipinski definition) is 3. The molecule has 3 aromatic carbocycles. The third kappa shape index (κ3) is 3.72. The Morgan fingerprint density at radius 1 is 1.00 bits per heavy atom. The first-order valence-corrected chi connectivity index (χ1v) is 9.74. The van der Waals surface area contributed by atoms with Crippen LogP contribution in [0.25, 0.3) is 10.9 Å². The molecule has 4 rings (SSSR count). The number of aromatic nitrogens is 1. The molecular formula is C22H16ClNO3S. The Balaban J connectivity index is 1.63. The summed E-state index contributed by atoms with van der Waals surface area (Å²) in [6, 6.07) is 22.7. The lowest BCUT2D eigenvalue weighted by Crippen LogP contribution is -2.03. The van der Waals surface area contributed by atoms with Crippen molar-refractivity contribution in [2.75, 3.05) is 0 Å². The van der Waals surface area contributed by atoms with E-state index < -0.39 is 5.97 Å². The van der Waals surface area contributed by atoms with Gasteiger partial charge in [-0.15, -0.1) is 0 Å². The van der Waals surface area contributed by atoms with E-state index in [1.54, 1.807) is 23.7 Å². The Labute approximate surface area is 171 Å². The Bertz CT molecular complexity index is 1150. The normalized spacial score (nSPS) is 10.9. The number of aromatic carboxylic acids is 1. The molecule has 1 heterocycles. The molecule has 0 aliphatic heterocycles. The summed E-state index contributed by atoms with van der Waals surface area (Å²) in [5.74, 6) is 0.567. The summed E-state index contributed by atoms with van der Waals surface area (Å²) in [6.45, 7) is 0. The highest BCUT2D eigenvalue weighted by molar-refractivity contribution is 7.99. The van der Waals surface area contributed by atoms with Crippen molar-refractivity contribution < 1.29 is 14.6 Å². The van der Waals surface area contributed by atoms with E-state index in [9.17, 15) is 9.90 Å². The summed E-state index contributed by atoms with van der Waals surface area (Å²) in [6.07, 6.45) is 0. The van der Waals surface area contributed by atoms with E-state index in [2.05, 4.69) is 0 Å².